The van der Waals surface area contributed by atoms with Crippen LogP contribution in [0.2, 0.25) is 0 Å². The van der Waals surface area contributed by atoms with Crippen molar-refractivity contribution in [2.75, 3.05) is 6.61 Å². The predicted octanol–water partition coefficient (Wildman–Crippen LogP) is 4.93. The molecule has 4 heteroatoms. The smallest absolute Gasteiger partial charge is 0.396 e. The Kier molecular flexibility index (Phi) is 5.24. The van der Waals surface area contributed by atoms with Crippen molar-refractivity contribution >= 4 is 0 Å². The van der Waals surface area contributed by atoms with E-state index in [1.165, 1.54) is 12.1 Å². The van der Waals surface area contributed by atoms with Gasteiger partial charge in [0.1, 0.15) is 0 Å². The molecule has 0 heterocycles. The molecule has 2 rings (SSSR count). The van der Waals surface area contributed by atoms with E-state index in [2.05, 4.69) is 6.92 Å². The van der Waals surface area contributed by atoms with Gasteiger partial charge in [0, 0.05) is 6.61 Å². The molecule has 0 unspecified atom stereocenters. The molecule has 0 aromatic heterocycles. The van der Waals surface area contributed by atoms with Gasteiger partial charge in [-0.2, -0.15) is 13.2 Å². The molecule has 1 atom stereocenters. The minimum atomic E-state index is -4.30. The second-order valence-electron chi connectivity index (χ2n) is 5.59. The fourth-order valence-electron chi connectivity index (χ4n) is 2.41. The molecule has 1 nitrogen and oxygen atoms in total. The third kappa shape index (κ3) is 4.34. The highest BCUT2D eigenvalue weighted by Gasteiger charge is 2.29. The molecule has 0 radical (unpaired) electrons. The van der Waals surface area contributed by atoms with Crippen LogP contribution in [0, 0.1) is 5.92 Å². The Hall–Kier alpha value is -1.81. The number of hydrogen-bond donors (Lipinski definition) is 1. The zero-order valence-corrected chi connectivity index (χ0v) is 12.4. The minimum absolute atomic E-state index is 0.185. The number of alkyl halides is 3. The topological polar surface area (TPSA) is 20.2 Å². The summed E-state index contributed by atoms with van der Waals surface area (Å²) < 4.78 is 37.6. The van der Waals surface area contributed by atoms with Crippen molar-refractivity contribution in [1.82, 2.24) is 0 Å². The Morgan fingerprint density at radius 2 is 1.41 bits per heavy atom. The zero-order valence-electron chi connectivity index (χ0n) is 12.4. The molecule has 0 bridgehead atoms. The van der Waals surface area contributed by atoms with Crippen LogP contribution in [0.25, 0.3) is 11.1 Å². The molecule has 0 saturated heterocycles. The molecular weight excluding hydrogens is 289 g/mol. The standard InChI is InChI=1S/C18H19F3O/c1-13(10-11-22)12-14-2-4-15(5-3-14)16-6-8-17(9-7-16)18(19,20)21/h2-9,13,22H,10-12H2,1H3/t13-/m1/s1. The SMILES string of the molecule is C[C@H](CCO)Cc1ccc(-c2ccc(C(F)(F)F)cc2)cc1. The van der Waals surface area contributed by atoms with Gasteiger partial charge in [0.25, 0.3) is 0 Å². The summed E-state index contributed by atoms with van der Waals surface area (Å²) >= 11 is 0. The molecule has 2 aromatic carbocycles. The van der Waals surface area contributed by atoms with Crippen molar-refractivity contribution in [2.45, 2.75) is 25.9 Å². The van der Waals surface area contributed by atoms with Gasteiger partial charge in [0.2, 0.25) is 0 Å². The summed E-state index contributed by atoms with van der Waals surface area (Å²) in [5.41, 5.74) is 2.19. The summed E-state index contributed by atoms with van der Waals surface area (Å²) in [5, 5.41) is 8.91. The molecule has 0 fully saturated rings. The van der Waals surface area contributed by atoms with Gasteiger partial charge < -0.3 is 5.11 Å². The van der Waals surface area contributed by atoms with E-state index >= 15 is 0 Å². The molecule has 118 valence electrons. The number of halogens is 3. The summed E-state index contributed by atoms with van der Waals surface area (Å²) in [6.07, 6.45) is -2.65. The van der Waals surface area contributed by atoms with Crippen molar-refractivity contribution in [1.29, 1.82) is 0 Å². The molecule has 0 saturated carbocycles. The quantitative estimate of drug-likeness (QED) is 0.830. The number of hydrogen-bond acceptors (Lipinski definition) is 1. The normalized spacial score (nSPS) is 13.1. The largest absolute Gasteiger partial charge is 0.416 e. The second kappa shape index (κ2) is 6.97. The zero-order chi connectivity index (χ0) is 16.2. The van der Waals surface area contributed by atoms with Crippen molar-refractivity contribution in [3.63, 3.8) is 0 Å². The fraction of sp³-hybridized carbons (Fsp3) is 0.333. The third-order valence-electron chi connectivity index (χ3n) is 3.71. The first kappa shape index (κ1) is 16.6. The number of aliphatic hydroxyl groups is 1. The van der Waals surface area contributed by atoms with Crippen LogP contribution < -0.4 is 0 Å². The summed E-state index contributed by atoms with van der Waals surface area (Å²) in [4.78, 5) is 0. The third-order valence-corrected chi connectivity index (χ3v) is 3.71. The first-order valence-electron chi connectivity index (χ1n) is 7.27. The first-order chi connectivity index (χ1) is 10.4. The molecule has 2 aromatic rings. The molecule has 1 N–H and O–H groups in total. The Balaban J connectivity index is 2.10. The van der Waals surface area contributed by atoms with E-state index in [9.17, 15) is 13.2 Å². The van der Waals surface area contributed by atoms with Crippen LogP contribution in [0.4, 0.5) is 13.2 Å². The van der Waals surface area contributed by atoms with E-state index in [4.69, 9.17) is 5.11 Å². The predicted molar refractivity (Wildman–Crippen MR) is 81.5 cm³/mol. The van der Waals surface area contributed by atoms with E-state index in [0.29, 0.717) is 5.92 Å². The fourth-order valence-corrected chi connectivity index (χ4v) is 2.41. The van der Waals surface area contributed by atoms with Crippen molar-refractivity contribution in [3.05, 3.63) is 59.7 Å². The van der Waals surface area contributed by atoms with Gasteiger partial charge in [0.15, 0.2) is 0 Å². The van der Waals surface area contributed by atoms with Crippen molar-refractivity contribution in [3.8, 4) is 11.1 Å². The van der Waals surface area contributed by atoms with E-state index < -0.39 is 11.7 Å². The van der Waals surface area contributed by atoms with Gasteiger partial charge in [-0.05, 0) is 47.6 Å². The van der Waals surface area contributed by atoms with Crippen LogP contribution in [-0.2, 0) is 12.6 Å². The maximum absolute atomic E-state index is 12.5. The molecule has 0 aliphatic rings. The minimum Gasteiger partial charge on any atom is -0.396 e. The van der Waals surface area contributed by atoms with E-state index in [1.54, 1.807) is 0 Å². The molecular formula is C18H19F3O. The van der Waals surface area contributed by atoms with Crippen molar-refractivity contribution in [2.24, 2.45) is 5.92 Å². The van der Waals surface area contributed by atoms with Crippen LogP contribution in [0.1, 0.15) is 24.5 Å². The number of aliphatic hydroxyl groups excluding tert-OH is 1. The van der Waals surface area contributed by atoms with Gasteiger partial charge in [-0.3, -0.25) is 0 Å². The van der Waals surface area contributed by atoms with E-state index in [0.717, 1.165) is 41.7 Å². The average Bonchev–Trinajstić information content (AvgIpc) is 2.47. The van der Waals surface area contributed by atoms with Crippen molar-refractivity contribution < 1.29 is 18.3 Å². The highest BCUT2D eigenvalue weighted by molar-refractivity contribution is 5.64. The molecule has 22 heavy (non-hydrogen) atoms. The van der Waals surface area contributed by atoms with Crippen LogP contribution in [0.5, 0.6) is 0 Å². The van der Waals surface area contributed by atoms with Crippen LogP contribution in [-0.4, -0.2) is 11.7 Å². The lowest BCUT2D eigenvalue weighted by molar-refractivity contribution is -0.137. The van der Waals surface area contributed by atoms with E-state index in [1.807, 2.05) is 24.3 Å². The van der Waals surface area contributed by atoms with Gasteiger partial charge in [-0.1, -0.05) is 43.3 Å². The lowest BCUT2D eigenvalue weighted by Crippen LogP contribution is -2.04. The lowest BCUT2D eigenvalue weighted by atomic mass is 9.96. The van der Waals surface area contributed by atoms with Gasteiger partial charge in [-0.25, -0.2) is 0 Å². The Labute approximate surface area is 128 Å². The maximum atomic E-state index is 12.5. The Morgan fingerprint density at radius 1 is 0.909 bits per heavy atom. The molecule has 0 amide bonds. The van der Waals surface area contributed by atoms with Crippen LogP contribution in [0.3, 0.4) is 0 Å². The first-order valence-corrected chi connectivity index (χ1v) is 7.27. The average molecular weight is 308 g/mol. The van der Waals surface area contributed by atoms with Gasteiger partial charge in [0.05, 0.1) is 5.56 Å². The summed E-state index contributed by atoms with van der Waals surface area (Å²) in [5.74, 6) is 0.405. The summed E-state index contributed by atoms with van der Waals surface area (Å²) in [6, 6.07) is 13.0. The van der Waals surface area contributed by atoms with E-state index in [-0.39, 0.29) is 6.61 Å². The summed E-state index contributed by atoms with van der Waals surface area (Å²) in [7, 11) is 0. The van der Waals surface area contributed by atoms with Gasteiger partial charge >= 0.3 is 6.18 Å². The van der Waals surface area contributed by atoms with Gasteiger partial charge in [-0.15, -0.1) is 0 Å². The number of benzene rings is 2. The Morgan fingerprint density at radius 3 is 1.86 bits per heavy atom. The monoisotopic (exact) mass is 308 g/mol. The highest BCUT2D eigenvalue weighted by atomic mass is 19.4. The van der Waals surface area contributed by atoms with Crippen LogP contribution >= 0.6 is 0 Å². The molecule has 0 aliphatic heterocycles. The second-order valence-corrected chi connectivity index (χ2v) is 5.59. The molecule has 0 spiro atoms. The van der Waals surface area contributed by atoms with Crippen LogP contribution in [0.15, 0.2) is 48.5 Å². The maximum Gasteiger partial charge on any atom is 0.416 e. The summed E-state index contributed by atoms with van der Waals surface area (Å²) in [6.45, 7) is 2.27. The number of rotatable bonds is 5. The Bertz CT molecular complexity index is 585. The highest BCUT2D eigenvalue weighted by Crippen LogP contribution is 2.31. The molecule has 0 aliphatic carbocycles. The lowest BCUT2D eigenvalue weighted by Gasteiger charge is -2.11.